The maximum Gasteiger partial charge on any atom is 0.253 e. The number of pyridine rings is 1. The van der Waals surface area contributed by atoms with Crippen molar-refractivity contribution in [3.8, 4) is 11.3 Å². The molecule has 5 rings (SSSR count). The fraction of sp³-hybridized carbons (Fsp3) is 0.455. The monoisotopic (exact) mass is 391 g/mol. The third-order valence-corrected chi connectivity index (χ3v) is 6.04. The molecule has 1 aliphatic carbocycles. The summed E-state index contributed by atoms with van der Waals surface area (Å²) in [5.74, 6) is 2.20. The molecule has 7 nitrogen and oxygen atoms in total. The summed E-state index contributed by atoms with van der Waals surface area (Å²) in [6.45, 7) is 3.73. The molecule has 0 amide bonds. The van der Waals surface area contributed by atoms with E-state index in [1.54, 1.807) is 29.4 Å². The van der Waals surface area contributed by atoms with Crippen molar-refractivity contribution in [2.45, 2.75) is 44.7 Å². The minimum Gasteiger partial charge on any atom is -0.361 e. The average molecular weight is 391 g/mol. The molecule has 3 aromatic rings. The van der Waals surface area contributed by atoms with E-state index in [9.17, 15) is 4.79 Å². The molecule has 0 unspecified atom stereocenters. The first-order valence-electron chi connectivity index (χ1n) is 10.4. The van der Waals surface area contributed by atoms with E-state index in [0.29, 0.717) is 17.5 Å². The summed E-state index contributed by atoms with van der Waals surface area (Å²) in [7, 11) is 0. The molecular weight excluding hydrogens is 366 g/mol. The third-order valence-electron chi connectivity index (χ3n) is 6.04. The van der Waals surface area contributed by atoms with Gasteiger partial charge in [0.15, 0.2) is 0 Å². The van der Waals surface area contributed by atoms with Gasteiger partial charge in [-0.25, -0.2) is 4.98 Å². The van der Waals surface area contributed by atoms with E-state index in [1.165, 1.54) is 18.4 Å². The van der Waals surface area contributed by atoms with Crippen molar-refractivity contribution in [1.29, 1.82) is 0 Å². The van der Waals surface area contributed by atoms with Crippen molar-refractivity contribution in [3.63, 3.8) is 0 Å². The zero-order chi connectivity index (χ0) is 19.6. The van der Waals surface area contributed by atoms with Gasteiger partial charge in [0, 0.05) is 48.6 Å². The zero-order valence-corrected chi connectivity index (χ0v) is 16.4. The van der Waals surface area contributed by atoms with Gasteiger partial charge in [0.2, 0.25) is 0 Å². The fourth-order valence-electron chi connectivity index (χ4n) is 4.16. The Bertz CT molecular complexity index is 1020. The average Bonchev–Trinajstić information content (AvgIpc) is 3.50. The topological polar surface area (TPSA) is 77.1 Å². The highest BCUT2D eigenvalue weighted by Gasteiger charge is 2.31. The molecule has 1 saturated heterocycles. The van der Waals surface area contributed by atoms with E-state index < -0.39 is 0 Å². The minimum absolute atomic E-state index is 0.00721. The third kappa shape index (κ3) is 4.15. The SMILES string of the molecule is O=c1cc(-c2ccncc2)ncn1CC1CCN(Cc2cnoc2C2CC2)CC1. The summed E-state index contributed by atoms with van der Waals surface area (Å²) in [5, 5.41) is 4.01. The molecule has 29 heavy (non-hydrogen) atoms. The highest BCUT2D eigenvalue weighted by molar-refractivity contribution is 5.57. The molecule has 0 bridgehead atoms. The van der Waals surface area contributed by atoms with E-state index in [0.717, 1.165) is 50.3 Å². The van der Waals surface area contributed by atoms with Crippen molar-refractivity contribution in [2.24, 2.45) is 5.92 Å². The molecule has 3 aromatic heterocycles. The molecule has 2 fully saturated rings. The molecule has 7 heteroatoms. The van der Waals surface area contributed by atoms with E-state index in [4.69, 9.17) is 4.52 Å². The standard InChI is InChI=1S/C22H25N5O2/c28-21-11-20(17-3-7-23-8-4-17)24-15-27(21)13-16-5-9-26(10-6-16)14-19-12-25-29-22(19)18-1-2-18/h3-4,7-8,11-12,15-16,18H,1-2,5-6,9-10,13-14H2. The lowest BCUT2D eigenvalue weighted by molar-refractivity contribution is 0.165. The quantitative estimate of drug-likeness (QED) is 0.643. The lowest BCUT2D eigenvalue weighted by Gasteiger charge is -2.32. The van der Waals surface area contributed by atoms with Crippen LogP contribution in [0.15, 0.2) is 52.4 Å². The van der Waals surface area contributed by atoms with Crippen LogP contribution < -0.4 is 5.56 Å². The van der Waals surface area contributed by atoms with Gasteiger partial charge in [0.25, 0.3) is 5.56 Å². The van der Waals surface area contributed by atoms with Crippen LogP contribution in [0.25, 0.3) is 11.3 Å². The molecule has 2 aliphatic rings. The number of aromatic nitrogens is 4. The molecule has 150 valence electrons. The van der Waals surface area contributed by atoms with E-state index in [1.807, 2.05) is 18.3 Å². The largest absolute Gasteiger partial charge is 0.361 e. The van der Waals surface area contributed by atoms with Gasteiger partial charge in [0.1, 0.15) is 5.76 Å². The maximum atomic E-state index is 12.5. The maximum absolute atomic E-state index is 12.5. The lowest BCUT2D eigenvalue weighted by atomic mass is 9.96. The Morgan fingerprint density at radius 3 is 2.62 bits per heavy atom. The van der Waals surface area contributed by atoms with Crippen LogP contribution in [0.1, 0.15) is 42.9 Å². The first-order valence-corrected chi connectivity index (χ1v) is 10.4. The smallest absolute Gasteiger partial charge is 0.253 e. The molecular formula is C22H25N5O2. The Balaban J connectivity index is 1.17. The van der Waals surface area contributed by atoms with Crippen LogP contribution in [0.3, 0.4) is 0 Å². The Morgan fingerprint density at radius 2 is 1.90 bits per heavy atom. The van der Waals surface area contributed by atoms with Crippen LogP contribution in [0.4, 0.5) is 0 Å². The zero-order valence-electron chi connectivity index (χ0n) is 16.4. The van der Waals surface area contributed by atoms with E-state index in [2.05, 4.69) is 20.0 Å². The molecule has 0 aromatic carbocycles. The second-order valence-corrected chi connectivity index (χ2v) is 8.21. The van der Waals surface area contributed by atoms with Crippen LogP contribution in [-0.2, 0) is 13.1 Å². The summed E-state index contributed by atoms with van der Waals surface area (Å²) in [6, 6.07) is 5.35. The number of piperidine rings is 1. The van der Waals surface area contributed by atoms with Gasteiger partial charge < -0.3 is 4.52 Å². The lowest BCUT2D eigenvalue weighted by Crippen LogP contribution is -2.36. The number of nitrogens with zero attached hydrogens (tertiary/aromatic N) is 5. The summed E-state index contributed by atoms with van der Waals surface area (Å²) in [5.41, 5.74) is 2.87. The number of likely N-dealkylation sites (tertiary alicyclic amines) is 1. The van der Waals surface area contributed by atoms with Crippen molar-refractivity contribution < 1.29 is 4.52 Å². The van der Waals surface area contributed by atoms with Crippen molar-refractivity contribution in [2.75, 3.05) is 13.1 Å². The Kier molecular flexibility index (Phi) is 4.97. The Morgan fingerprint density at radius 1 is 1.10 bits per heavy atom. The minimum atomic E-state index is 0.00721. The van der Waals surface area contributed by atoms with Crippen LogP contribution >= 0.6 is 0 Å². The predicted octanol–water partition coefficient (Wildman–Crippen LogP) is 3.08. The summed E-state index contributed by atoms with van der Waals surface area (Å²) < 4.78 is 7.21. The molecule has 0 spiro atoms. The molecule has 1 aliphatic heterocycles. The van der Waals surface area contributed by atoms with Gasteiger partial charge in [-0.05, 0) is 56.8 Å². The van der Waals surface area contributed by atoms with Gasteiger partial charge >= 0.3 is 0 Å². The van der Waals surface area contributed by atoms with E-state index >= 15 is 0 Å². The van der Waals surface area contributed by atoms with Crippen molar-refractivity contribution >= 4 is 0 Å². The van der Waals surface area contributed by atoms with Gasteiger partial charge in [-0.1, -0.05) is 5.16 Å². The fourth-order valence-corrected chi connectivity index (χ4v) is 4.16. The van der Waals surface area contributed by atoms with Gasteiger partial charge in [-0.15, -0.1) is 0 Å². The van der Waals surface area contributed by atoms with Gasteiger partial charge in [-0.3, -0.25) is 19.2 Å². The normalized spacial score (nSPS) is 18.2. The van der Waals surface area contributed by atoms with Crippen molar-refractivity contribution in [1.82, 2.24) is 24.6 Å². The highest BCUT2D eigenvalue weighted by Crippen LogP contribution is 2.42. The first-order chi connectivity index (χ1) is 14.3. The van der Waals surface area contributed by atoms with Crippen molar-refractivity contribution in [3.05, 3.63) is 64.8 Å². The number of hydrogen-bond acceptors (Lipinski definition) is 6. The molecule has 4 heterocycles. The van der Waals surface area contributed by atoms with Crippen LogP contribution in [0.5, 0.6) is 0 Å². The van der Waals surface area contributed by atoms with E-state index in [-0.39, 0.29) is 5.56 Å². The first kappa shape index (κ1) is 18.2. The molecule has 0 N–H and O–H groups in total. The summed E-state index contributed by atoms with van der Waals surface area (Å²) >= 11 is 0. The second-order valence-electron chi connectivity index (χ2n) is 8.21. The predicted molar refractivity (Wildman–Crippen MR) is 108 cm³/mol. The number of hydrogen-bond donors (Lipinski definition) is 0. The Hall–Kier alpha value is -2.80. The Labute approximate surface area is 169 Å². The summed E-state index contributed by atoms with van der Waals surface area (Å²) in [4.78, 5) is 23.5. The second kappa shape index (κ2) is 7.91. The molecule has 0 atom stereocenters. The highest BCUT2D eigenvalue weighted by atomic mass is 16.5. The van der Waals surface area contributed by atoms with Crippen LogP contribution in [0.2, 0.25) is 0 Å². The van der Waals surface area contributed by atoms with Gasteiger partial charge in [0.05, 0.1) is 18.2 Å². The number of rotatable bonds is 6. The summed E-state index contributed by atoms with van der Waals surface area (Å²) in [6.07, 6.45) is 11.6. The molecule has 0 radical (unpaired) electrons. The van der Waals surface area contributed by atoms with Crippen LogP contribution in [0, 0.1) is 5.92 Å². The van der Waals surface area contributed by atoms with Gasteiger partial charge in [-0.2, -0.15) is 0 Å². The van der Waals surface area contributed by atoms with Crippen LogP contribution in [-0.4, -0.2) is 37.7 Å². The molecule has 1 saturated carbocycles.